The van der Waals surface area contributed by atoms with Crippen molar-refractivity contribution in [2.75, 3.05) is 0 Å². The molecule has 0 aliphatic heterocycles. The molecule has 0 heterocycles. The number of unbranched alkanes of at least 4 members (excludes halogenated alkanes) is 3. The first-order chi connectivity index (χ1) is 8.66. The van der Waals surface area contributed by atoms with Gasteiger partial charge in [-0.2, -0.15) is 0 Å². The van der Waals surface area contributed by atoms with E-state index in [1.165, 1.54) is 25.7 Å². The van der Waals surface area contributed by atoms with Crippen LogP contribution in [-0.4, -0.2) is 5.78 Å². The Kier molecular flexibility index (Phi) is 7.93. The lowest BCUT2D eigenvalue weighted by Gasteiger charge is -2.32. The van der Waals surface area contributed by atoms with Crippen LogP contribution < -0.4 is 0 Å². The van der Waals surface area contributed by atoms with E-state index in [1.807, 2.05) is 0 Å². The van der Waals surface area contributed by atoms with E-state index in [-0.39, 0.29) is 16.7 Å². The molecule has 114 valence electrons. The molecule has 19 heavy (non-hydrogen) atoms. The molecule has 0 bridgehead atoms. The molecule has 0 spiro atoms. The predicted molar refractivity (Wildman–Crippen MR) is 85.4 cm³/mol. The Bertz CT molecular complexity index is 261. The number of Topliss-reactive ketones (excluding diaryl/α,β-unsaturated/α-hetero) is 1. The van der Waals surface area contributed by atoms with Crippen LogP contribution in [0.4, 0.5) is 0 Å². The third-order valence-corrected chi connectivity index (χ3v) is 4.32. The van der Waals surface area contributed by atoms with E-state index in [9.17, 15) is 4.79 Å². The molecule has 0 rings (SSSR count). The molecule has 0 saturated carbocycles. The Morgan fingerprint density at radius 1 is 1.00 bits per heavy atom. The standard InChI is InChI=1S/C18H36O/c1-8-10-11-12-13-18(7,9-2)16(19)15(3)14-17(4,5)6/h15H,8-14H2,1-7H3. The second-order valence-corrected chi connectivity index (χ2v) is 7.75. The van der Waals surface area contributed by atoms with Crippen molar-refractivity contribution in [3.05, 3.63) is 0 Å². The van der Waals surface area contributed by atoms with Gasteiger partial charge in [0, 0.05) is 11.3 Å². The third kappa shape index (κ3) is 7.13. The highest BCUT2D eigenvalue weighted by atomic mass is 16.1. The van der Waals surface area contributed by atoms with Gasteiger partial charge in [0.25, 0.3) is 0 Å². The first kappa shape index (κ1) is 18.7. The van der Waals surface area contributed by atoms with Crippen molar-refractivity contribution in [2.45, 2.75) is 93.4 Å². The van der Waals surface area contributed by atoms with E-state index in [2.05, 4.69) is 48.5 Å². The van der Waals surface area contributed by atoms with E-state index in [0.717, 1.165) is 19.3 Å². The van der Waals surface area contributed by atoms with Crippen LogP contribution in [-0.2, 0) is 4.79 Å². The number of hydrogen-bond donors (Lipinski definition) is 0. The normalized spacial score (nSPS) is 17.0. The van der Waals surface area contributed by atoms with Gasteiger partial charge in [-0.05, 0) is 24.7 Å². The van der Waals surface area contributed by atoms with E-state index in [0.29, 0.717) is 5.78 Å². The molecule has 0 aliphatic carbocycles. The summed E-state index contributed by atoms with van der Waals surface area (Å²) in [6, 6.07) is 0. The Morgan fingerprint density at radius 2 is 1.58 bits per heavy atom. The molecule has 0 N–H and O–H groups in total. The lowest BCUT2D eigenvalue weighted by atomic mass is 9.71. The summed E-state index contributed by atoms with van der Waals surface area (Å²) in [5.74, 6) is 0.678. The Balaban J connectivity index is 4.50. The van der Waals surface area contributed by atoms with Gasteiger partial charge in [-0.3, -0.25) is 4.79 Å². The first-order valence-electron chi connectivity index (χ1n) is 8.20. The molecule has 2 atom stereocenters. The van der Waals surface area contributed by atoms with E-state index in [1.54, 1.807) is 0 Å². The van der Waals surface area contributed by atoms with Crippen molar-refractivity contribution in [3.8, 4) is 0 Å². The molecule has 0 saturated heterocycles. The fourth-order valence-corrected chi connectivity index (χ4v) is 3.02. The van der Waals surface area contributed by atoms with Crippen LogP contribution in [0.3, 0.4) is 0 Å². The van der Waals surface area contributed by atoms with E-state index < -0.39 is 0 Å². The molecule has 0 aromatic heterocycles. The molecule has 1 heteroatoms. The molecular weight excluding hydrogens is 232 g/mol. The van der Waals surface area contributed by atoms with E-state index >= 15 is 0 Å². The van der Waals surface area contributed by atoms with Gasteiger partial charge >= 0.3 is 0 Å². The Labute approximate surface area is 121 Å². The van der Waals surface area contributed by atoms with Crippen molar-refractivity contribution >= 4 is 5.78 Å². The van der Waals surface area contributed by atoms with Crippen molar-refractivity contribution in [1.82, 2.24) is 0 Å². The fraction of sp³-hybridized carbons (Fsp3) is 0.944. The Morgan fingerprint density at radius 3 is 2.00 bits per heavy atom. The number of carbonyl (C=O) groups is 1. The lowest BCUT2D eigenvalue weighted by molar-refractivity contribution is -0.133. The first-order valence-corrected chi connectivity index (χ1v) is 8.20. The van der Waals surface area contributed by atoms with Crippen molar-refractivity contribution in [1.29, 1.82) is 0 Å². The van der Waals surface area contributed by atoms with Gasteiger partial charge in [-0.1, -0.05) is 74.1 Å². The van der Waals surface area contributed by atoms with Gasteiger partial charge in [0.15, 0.2) is 0 Å². The predicted octanol–water partition coefficient (Wildman–Crippen LogP) is 6.01. The van der Waals surface area contributed by atoms with Gasteiger partial charge in [0.05, 0.1) is 0 Å². The van der Waals surface area contributed by atoms with Crippen LogP contribution in [0.2, 0.25) is 0 Å². The summed E-state index contributed by atoms with van der Waals surface area (Å²) in [6.07, 6.45) is 8.07. The average Bonchev–Trinajstić information content (AvgIpc) is 2.31. The second-order valence-electron chi connectivity index (χ2n) is 7.75. The lowest BCUT2D eigenvalue weighted by Crippen LogP contribution is -2.33. The maximum absolute atomic E-state index is 12.7. The number of hydrogen-bond acceptors (Lipinski definition) is 1. The van der Waals surface area contributed by atoms with Gasteiger partial charge in [-0.25, -0.2) is 0 Å². The minimum Gasteiger partial charge on any atom is -0.299 e. The number of carbonyl (C=O) groups excluding carboxylic acids is 1. The quantitative estimate of drug-likeness (QED) is 0.468. The van der Waals surface area contributed by atoms with E-state index in [4.69, 9.17) is 0 Å². The summed E-state index contributed by atoms with van der Waals surface area (Å²) in [4.78, 5) is 12.7. The topological polar surface area (TPSA) is 17.1 Å². The smallest absolute Gasteiger partial charge is 0.141 e. The van der Waals surface area contributed by atoms with Crippen molar-refractivity contribution in [2.24, 2.45) is 16.7 Å². The van der Waals surface area contributed by atoms with Gasteiger partial charge in [0.1, 0.15) is 5.78 Å². The van der Waals surface area contributed by atoms with Crippen molar-refractivity contribution in [3.63, 3.8) is 0 Å². The van der Waals surface area contributed by atoms with Gasteiger partial charge < -0.3 is 0 Å². The van der Waals surface area contributed by atoms with Crippen molar-refractivity contribution < 1.29 is 4.79 Å². The SMILES string of the molecule is CCCCCCC(C)(CC)C(=O)C(C)CC(C)(C)C. The second kappa shape index (κ2) is 8.07. The van der Waals surface area contributed by atoms with Crippen LogP contribution in [0, 0.1) is 16.7 Å². The summed E-state index contributed by atoms with van der Waals surface area (Å²) in [7, 11) is 0. The maximum atomic E-state index is 12.7. The molecule has 1 nitrogen and oxygen atoms in total. The number of ketones is 1. The van der Waals surface area contributed by atoms with Gasteiger partial charge in [0.2, 0.25) is 0 Å². The average molecular weight is 268 g/mol. The minimum absolute atomic E-state index is 0.0988. The van der Waals surface area contributed by atoms with Gasteiger partial charge in [-0.15, -0.1) is 0 Å². The third-order valence-electron chi connectivity index (χ3n) is 4.32. The van der Waals surface area contributed by atoms with Crippen LogP contribution in [0.5, 0.6) is 0 Å². The fourth-order valence-electron chi connectivity index (χ4n) is 3.02. The largest absolute Gasteiger partial charge is 0.299 e. The highest BCUT2D eigenvalue weighted by molar-refractivity contribution is 5.86. The van der Waals surface area contributed by atoms with Crippen LogP contribution in [0.15, 0.2) is 0 Å². The molecule has 2 unspecified atom stereocenters. The maximum Gasteiger partial charge on any atom is 0.141 e. The summed E-state index contributed by atoms with van der Waals surface area (Å²) in [5, 5.41) is 0. The minimum atomic E-state index is -0.0988. The molecular formula is C18H36O. The highest BCUT2D eigenvalue weighted by Crippen LogP contribution is 2.36. The number of rotatable bonds is 9. The summed E-state index contributed by atoms with van der Waals surface area (Å²) < 4.78 is 0. The molecule has 0 radical (unpaired) electrons. The molecule has 0 aromatic carbocycles. The monoisotopic (exact) mass is 268 g/mol. The molecule has 0 amide bonds. The molecule has 0 aliphatic rings. The summed E-state index contributed by atoms with van der Waals surface area (Å²) >= 11 is 0. The zero-order chi connectivity index (χ0) is 15.1. The molecule has 0 fully saturated rings. The zero-order valence-corrected chi connectivity index (χ0v) is 14.4. The molecule has 0 aromatic rings. The summed E-state index contributed by atoms with van der Waals surface area (Å²) in [6.45, 7) is 15.4. The highest BCUT2D eigenvalue weighted by Gasteiger charge is 2.35. The zero-order valence-electron chi connectivity index (χ0n) is 14.4. The van der Waals surface area contributed by atoms with Crippen LogP contribution in [0.25, 0.3) is 0 Å². The summed E-state index contributed by atoms with van der Waals surface area (Å²) in [5.41, 5.74) is 0.143. The van der Waals surface area contributed by atoms with Crippen LogP contribution >= 0.6 is 0 Å². The Hall–Kier alpha value is -0.330. The van der Waals surface area contributed by atoms with Crippen LogP contribution in [0.1, 0.15) is 93.4 Å².